The molecule has 0 aliphatic carbocycles. The van der Waals surface area contributed by atoms with Crippen molar-refractivity contribution in [3.8, 4) is 11.1 Å². The van der Waals surface area contributed by atoms with E-state index in [1.165, 1.54) is 11.3 Å². The minimum absolute atomic E-state index is 0.185. The number of amides is 1. The number of carbonyl (C=O) groups excluding carboxylic acids is 1. The molecule has 0 radical (unpaired) electrons. The second-order valence-electron chi connectivity index (χ2n) is 7.27. The van der Waals surface area contributed by atoms with Gasteiger partial charge in [-0.3, -0.25) is 4.79 Å². The molecular weight excluding hydrogens is 392 g/mol. The van der Waals surface area contributed by atoms with Crippen molar-refractivity contribution in [2.24, 2.45) is 0 Å². The van der Waals surface area contributed by atoms with Crippen molar-refractivity contribution >= 4 is 27.1 Å². The molecule has 3 aromatic rings. The molecule has 2 atom stereocenters. The van der Waals surface area contributed by atoms with Crippen LogP contribution in [-0.4, -0.2) is 42.5 Å². The van der Waals surface area contributed by atoms with Crippen LogP contribution in [0.3, 0.4) is 0 Å². The first-order valence-electron chi connectivity index (χ1n) is 9.10. The van der Waals surface area contributed by atoms with Crippen molar-refractivity contribution in [2.45, 2.75) is 23.0 Å². The molecule has 2 aliphatic heterocycles. The van der Waals surface area contributed by atoms with Crippen LogP contribution in [-0.2, 0) is 9.84 Å². The number of sulfone groups is 1. The van der Waals surface area contributed by atoms with E-state index >= 15 is 0 Å². The summed E-state index contributed by atoms with van der Waals surface area (Å²) in [5.41, 5.74) is 3.28. The van der Waals surface area contributed by atoms with Crippen LogP contribution in [0.1, 0.15) is 27.0 Å². The maximum Gasteiger partial charge on any atom is 0.273 e. The molecule has 2 aromatic carbocycles. The zero-order valence-electron chi connectivity index (χ0n) is 15.2. The number of rotatable bonds is 2. The molecule has 2 aliphatic rings. The van der Waals surface area contributed by atoms with Crippen molar-refractivity contribution in [1.29, 1.82) is 0 Å². The third-order valence-corrected chi connectivity index (χ3v) is 8.65. The highest BCUT2D eigenvalue weighted by molar-refractivity contribution is 7.92. The average Bonchev–Trinajstić information content (AvgIpc) is 3.38. The van der Waals surface area contributed by atoms with E-state index in [-0.39, 0.29) is 18.4 Å². The van der Waals surface area contributed by atoms with E-state index in [9.17, 15) is 13.2 Å². The Balaban J connectivity index is 1.52. The topological polar surface area (TPSA) is 67.3 Å². The Kier molecular flexibility index (Phi) is 3.93. The van der Waals surface area contributed by atoms with Gasteiger partial charge in [0.1, 0.15) is 5.69 Å². The van der Waals surface area contributed by atoms with Gasteiger partial charge in [0.15, 0.2) is 9.84 Å². The average molecular weight is 411 g/mol. The first kappa shape index (κ1) is 17.6. The van der Waals surface area contributed by atoms with E-state index in [1.807, 2.05) is 49.4 Å². The van der Waals surface area contributed by atoms with E-state index in [4.69, 9.17) is 0 Å². The van der Waals surface area contributed by atoms with Crippen LogP contribution in [0.2, 0.25) is 0 Å². The fourth-order valence-electron chi connectivity index (χ4n) is 4.25. The van der Waals surface area contributed by atoms with E-state index < -0.39 is 15.1 Å². The molecule has 7 heteroatoms. The second-order valence-corrected chi connectivity index (χ2v) is 10.5. The lowest BCUT2D eigenvalue weighted by Gasteiger charge is -2.17. The number of fused-ring (bicyclic) bond motifs is 3. The summed E-state index contributed by atoms with van der Waals surface area (Å²) in [6, 6.07) is 15.5. The smallest absolute Gasteiger partial charge is 0.273 e. The third-order valence-electron chi connectivity index (χ3n) is 5.61. The number of likely N-dealkylation sites (tertiary alicyclic amines) is 1. The number of hydrogen-bond donors (Lipinski definition) is 0. The number of thiazole rings is 1. The zero-order chi connectivity index (χ0) is 19.5. The quantitative estimate of drug-likeness (QED) is 0.648. The molecule has 0 unspecified atom stereocenters. The van der Waals surface area contributed by atoms with E-state index in [0.717, 1.165) is 21.7 Å². The summed E-state index contributed by atoms with van der Waals surface area (Å²) < 4.78 is 26.1. The van der Waals surface area contributed by atoms with Gasteiger partial charge in [0.25, 0.3) is 5.91 Å². The van der Waals surface area contributed by atoms with Gasteiger partial charge in [-0.25, -0.2) is 13.4 Å². The molecule has 5 rings (SSSR count). The van der Waals surface area contributed by atoms with Gasteiger partial charge < -0.3 is 4.90 Å². The van der Waals surface area contributed by atoms with Gasteiger partial charge in [-0.2, -0.15) is 0 Å². The second kappa shape index (κ2) is 6.25. The highest BCUT2D eigenvalue weighted by Crippen LogP contribution is 2.46. The van der Waals surface area contributed by atoms with Crippen LogP contribution in [0.4, 0.5) is 0 Å². The van der Waals surface area contributed by atoms with Crippen molar-refractivity contribution in [3.05, 3.63) is 70.2 Å². The minimum atomic E-state index is -3.44. The maximum atomic E-state index is 13.1. The van der Waals surface area contributed by atoms with Gasteiger partial charge in [0.05, 0.1) is 15.2 Å². The van der Waals surface area contributed by atoms with Crippen molar-refractivity contribution in [2.75, 3.05) is 13.1 Å². The van der Waals surface area contributed by atoms with Gasteiger partial charge in [0.2, 0.25) is 0 Å². The molecule has 28 heavy (non-hydrogen) atoms. The fraction of sp³-hybridized carbons (Fsp3) is 0.238. The van der Waals surface area contributed by atoms with Crippen molar-refractivity contribution in [1.82, 2.24) is 9.88 Å². The Labute approximate surface area is 167 Å². The molecule has 0 saturated carbocycles. The lowest BCUT2D eigenvalue weighted by molar-refractivity contribution is 0.0785. The number of hydrogen-bond acceptors (Lipinski definition) is 5. The SMILES string of the molecule is Cc1nc(C(=O)N2C[C@@H]3c4cc(-c5ccccc5)ccc4S(=O)(=O)[C@@H]3C2)cs1. The van der Waals surface area contributed by atoms with Gasteiger partial charge in [-0.1, -0.05) is 36.4 Å². The molecule has 0 bridgehead atoms. The zero-order valence-corrected chi connectivity index (χ0v) is 16.8. The fourth-order valence-corrected chi connectivity index (χ4v) is 7.00. The molecule has 5 nitrogen and oxygen atoms in total. The van der Waals surface area contributed by atoms with E-state index in [0.29, 0.717) is 17.1 Å². The van der Waals surface area contributed by atoms with Gasteiger partial charge in [-0.05, 0) is 35.7 Å². The number of carbonyl (C=O) groups is 1. The number of benzene rings is 2. The Morgan fingerprint density at radius 2 is 1.89 bits per heavy atom. The first-order valence-corrected chi connectivity index (χ1v) is 11.5. The lowest BCUT2D eigenvalue weighted by atomic mass is 9.94. The molecule has 1 aromatic heterocycles. The van der Waals surface area contributed by atoms with Crippen LogP contribution in [0, 0.1) is 6.92 Å². The van der Waals surface area contributed by atoms with Gasteiger partial charge in [0, 0.05) is 24.4 Å². The van der Waals surface area contributed by atoms with Crippen LogP contribution in [0.5, 0.6) is 0 Å². The van der Waals surface area contributed by atoms with Gasteiger partial charge >= 0.3 is 0 Å². The lowest BCUT2D eigenvalue weighted by Crippen LogP contribution is -2.31. The summed E-state index contributed by atoms with van der Waals surface area (Å²) in [5.74, 6) is -0.373. The number of nitrogens with zero attached hydrogens (tertiary/aromatic N) is 2. The maximum absolute atomic E-state index is 13.1. The molecule has 1 saturated heterocycles. The largest absolute Gasteiger partial charge is 0.335 e. The first-order chi connectivity index (χ1) is 13.4. The monoisotopic (exact) mass is 410 g/mol. The Morgan fingerprint density at radius 1 is 1.11 bits per heavy atom. The van der Waals surface area contributed by atoms with Crippen LogP contribution in [0.15, 0.2) is 58.8 Å². The predicted molar refractivity (Wildman–Crippen MR) is 108 cm³/mol. The summed E-state index contributed by atoms with van der Waals surface area (Å²) in [5, 5.41) is 1.99. The minimum Gasteiger partial charge on any atom is -0.335 e. The number of aryl methyl sites for hydroxylation is 1. The molecular formula is C21H18N2O3S2. The van der Waals surface area contributed by atoms with Crippen LogP contribution >= 0.6 is 11.3 Å². The molecule has 142 valence electrons. The summed E-state index contributed by atoms with van der Waals surface area (Å²) in [4.78, 5) is 19.1. The third kappa shape index (κ3) is 2.61. The Bertz CT molecular complexity index is 1190. The van der Waals surface area contributed by atoms with Crippen LogP contribution in [0.25, 0.3) is 11.1 Å². The summed E-state index contributed by atoms with van der Waals surface area (Å²) in [6.07, 6.45) is 0. The van der Waals surface area contributed by atoms with Gasteiger partial charge in [-0.15, -0.1) is 11.3 Å². The molecule has 1 amide bonds. The summed E-state index contributed by atoms with van der Waals surface area (Å²) in [7, 11) is -3.44. The number of aromatic nitrogens is 1. The molecule has 0 spiro atoms. The van der Waals surface area contributed by atoms with E-state index in [1.54, 1.807) is 16.3 Å². The summed E-state index contributed by atoms with van der Waals surface area (Å²) >= 11 is 1.42. The predicted octanol–water partition coefficient (Wildman–Crippen LogP) is 3.51. The van der Waals surface area contributed by atoms with E-state index in [2.05, 4.69) is 4.98 Å². The van der Waals surface area contributed by atoms with Crippen molar-refractivity contribution in [3.63, 3.8) is 0 Å². The Hall–Kier alpha value is -2.51. The van der Waals surface area contributed by atoms with Crippen LogP contribution < -0.4 is 0 Å². The Morgan fingerprint density at radius 3 is 2.61 bits per heavy atom. The normalized spacial score (nSPS) is 22.1. The molecule has 1 fully saturated rings. The highest BCUT2D eigenvalue weighted by atomic mass is 32.2. The highest BCUT2D eigenvalue weighted by Gasteiger charge is 2.51. The van der Waals surface area contributed by atoms with Crippen molar-refractivity contribution < 1.29 is 13.2 Å². The molecule has 3 heterocycles. The standard InChI is InChI=1S/C21H18N2O3S2/c1-13-22-18(12-27-13)21(24)23-10-17-16-9-15(14-5-3-2-4-6-14)7-8-19(16)28(25,26)20(17)11-23/h2-9,12,17,20H,10-11H2,1H3/t17-,20-/m1/s1. The molecule has 0 N–H and O–H groups in total. The summed E-state index contributed by atoms with van der Waals surface area (Å²) in [6.45, 7) is 2.48.